The van der Waals surface area contributed by atoms with E-state index in [4.69, 9.17) is 31.7 Å². The van der Waals surface area contributed by atoms with E-state index < -0.39 is 36.9 Å². The Morgan fingerprint density at radius 3 is 2.20 bits per heavy atom. The summed E-state index contributed by atoms with van der Waals surface area (Å²) >= 11 is 0. The topological polar surface area (TPSA) is 187 Å². The number of carbonyl (C=O) groups excluding carboxylic acids is 1. The second-order valence-corrected chi connectivity index (χ2v) is 5.99. The maximum atomic E-state index is 12.4. The highest BCUT2D eigenvalue weighted by Gasteiger charge is 2.25. The highest BCUT2D eigenvalue weighted by molar-refractivity contribution is 6.40. The average molecular weight is 361 g/mol. The van der Waals surface area contributed by atoms with E-state index in [1.54, 1.807) is 0 Å². The van der Waals surface area contributed by atoms with Gasteiger partial charge in [0.25, 0.3) is 0 Å². The minimum atomic E-state index is -1.46. The molecule has 0 aliphatic rings. The van der Waals surface area contributed by atoms with E-state index >= 15 is 0 Å². The first kappa shape index (κ1) is 23.3. The quantitative estimate of drug-likeness (QED) is 0.196. The summed E-state index contributed by atoms with van der Waals surface area (Å²) in [5.74, 6) is -2.94. The van der Waals surface area contributed by atoms with E-state index in [0.29, 0.717) is 12.8 Å². The van der Waals surface area contributed by atoms with Gasteiger partial charge in [0.15, 0.2) is 0 Å². The summed E-state index contributed by atoms with van der Waals surface area (Å²) < 4.78 is 0. The molecule has 0 aromatic carbocycles. The van der Waals surface area contributed by atoms with Crippen LogP contribution in [0.4, 0.5) is 0 Å². The van der Waals surface area contributed by atoms with Crippen molar-refractivity contribution in [1.82, 2.24) is 4.90 Å². The molecule has 0 aromatic rings. The monoisotopic (exact) mass is 361 g/mol. The van der Waals surface area contributed by atoms with Crippen LogP contribution in [0.25, 0.3) is 0 Å². The second-order valence-electron chi connectivity index (χ2n) is 5.99. The van der Waals surface area contributed by atoms with E-state index in [1.807, 2.05) is 0 Å². The summed E-state index contributed by atoms with van der Waals surface area (Å²) in [5.41, 5.74) is 11.2. The molecule has 8 N–H and O–H groups in total. The van der Waals surface area contributed by atoms with Gasteiger partial charge in [0.1, 0.15) is 0 Å². The Morgan fingerprint density at radius 1 is 1.08 bits per heavy atom. The van der Waals surface area contributed by atoms with Crippen LogP contribution < -0.4 is 11.5 Å². The van der Waals surface area contributed by atoms with Gasteiger partial charge < -0.3 is 36.6 Å². The Hall–Kier alpha value is -1.69. The molecule has 1 amide bonds. The molecule has 0 heterocycles. The molecule has 0 saturated carbocycles. The molecule has 0 rings (SSSR count). The number of carboxylic acids is 2. The van der Waals surface area contributed by atoms with Gasteiger partial charge in [0.2, 0.25) is 5.91 Å². The second kappa shape index (κ2) is 12.6. The maximum absolute atomic E-state index is 12.4. The van der Waals surface area contributed by atoms with Crippen LogP contribution in [0.15, 0.2) is 0 Å². The third kappa shape index (κ3) is 11.5. The van der Waals surface area contributed by atoms with E-state index in [0.717, 1.165) is 0 Å². The average Bonchev–Trinajstić information content (AvgIpc) is 2.50. The van der Waals surface area contributed by atoms with Crippen LogP contribution in [0.2, 0.25) is 6.32 Å². The first-order chi connectivity index (χ1) is 11.7. The summed E-state index contributed by atoms with van der Waals surface area (Å²) in [4.78, 5) is 35.3. The molecule has 0 aromatic heterocycles. The normalized spacial score (nSPS) is 13.1. The van der Waals surface area contributed by atoms with Crippen LogP contribution >= 0.6 is 0 Å². The zero-order valence-corrected chi connectivity index (χ0v) is 14.2. The number of carboxylic acid groups (broad SMARTS) is 2. The number of hydrogen-bond acceptors (Lipinski definition) is 7. The zero-order valence-electron chi connectivity index (χ0n) is 14.2. The van der Waals surface area contributed by atoms with E-state index in [1.165, 1.54) is 4.90 Å². The van der Waals surface area contributed by atoms with Gasteiger partial charge in [-0.3, -0.25) is 14.4 Å². The van der Waals surface area contributed by atoms with Crippen molar-refractivity contribution in [3.8, 4) is 0 Å². The molecule has 144 valence electrons. The van der Waals surface area contributed by atoms with Crippen molar-refractivity contribution < 1.29 is 34.6 Å². The Morgan fingerprint density at radius 2 is 1.72 bits per heavy atom. The van der Waals surface area contributed by atoms with Crippen molar-refractivity contribution in [3.05, 3.63) is 0 Å². The minimum Gasteiger partial charge on any atom is -0.481 e. The molecular formula is C14H28BN3O7. The Balaban J connectivity index is 4.83. The molecule has 0 bridgehead atoms. The fourth-order valence-electron chi connectivity index (χ4n) is 2.49. The molecule has 1 unspecified atom stereocenters. The number of nitrogens with zero attached hydrogens (tertiary/aromatic N) is 1. The van der Waals surface area contributed by atoms with Gasteiger partial charge in [-0.25, -0.2) is 0 Å². The number of aliphatic carboxylic acids is 2. The lowest BCUT2D eigenvalue weighted by Gasteiger charge is -2.29. The largest absolute Gasteiger partial charge is 0.481 e. The smallest absolute Gasteiger partial charge is 0.451 e. The maximum Gasteiger partial charge on any atom is 0.451 e. The van der Waals surface area contributed by atoms with Crippen molar-refractivity contribution in [2.24, 2.45) is 17.4 Å². The number of hydrogen-bond donors (Lipinski definition) is 6. The van der Waals surface area contributed by atoms with Gasteiger partial charge in [-0.2, -0.15) is 0 Å². The van der Waals surface area contributed by atoms with Gasteiger partial charge in [-0.1, -0.05) is 6.42 Å². The van der Waals surface area contributed by atoms with Crippen LogP contribution in [0.5, 0.6) is 0 Å². The van der Waals surface area contributed by atoms with Crippen LogP contribution in [0.3, 0.4) is 0 Å². The van der Waals surface area contributed by atoms with Crippen LogP contribution in [-0.4, -0.2) is 75.8 Å². The van der Waals surface area contributed by atoms with Gasteiger partial charge in [0.05, 0.1) is 6.04 Å². The molecule has 10 nitrogen and oxygen atoms in total. The molecule has 0 radical (unpaired) electrons. The summed E-state index contributed by atoms with van der Waals surface area (Å²) in [6.45, 7) is 0.454. The van der Waals surface area contributed by atoms with Crippen LogP contribution in [-0.2, 0) is 14.4 Å². The highest BCUT2D eigenvalue weighted by Crippen LogP contribution is 2.16. The first-order valence-corrected chi connectivity index (χ1v) is 8.21. The summed E-state index contributed by atoms with van der Waals surface area (Å²) in [7, 11) is -1.46. The van der Waals surface area contributed by atoms with E-state index in [2.05, 4.69) is 0 Å². The molecule has 25 heavy (non-hydrogen) atoms. The van der Waals surface area contributed by atoms with Gasteiger partial charge >= 0.3 is 19.1 Å². The predicted octanol–water partition coefficient (Wildman–Crippen LogP) is -1.69. The van der Waals surface area contributed by atoms with Gasteiger partial charge in [0, 0.05) is 32.5 Å². The molecule has 0 saturated heterocycles. The van der Waals surface area contributed by atoms with Crippen molar-refractivity contribution in [2.75, 3.05) is 19.6 Å². The minimum absolute atomic E-state index is 0.0183. The third-order valence-corrected chi connectivity index (χ3v) is 3.71. The fraction of sp³-hybridized carbons (Fsp3) is 0.786. The van der Waals surface area contributed by atoms with Crippen molar-refractivity contribution in [1.29, 1.82) is 0 Å². The Bertz CT molecular complexity index is 437. The predicted molar refractivity (Wildman–Crippen MR) is 90.5 cm³/mol. The standard InChI is InChI=1S/C14H28BN3O7/c16-6-7-18(14(23)11(17)3-4-12(19)20)9-10(8-13(21)22)2-1-5-15(24)25/h10-11,24-25H,1-9,16-17H2,(H,19,20)(H,21,22)/t10?,11-/m0/s1. The molecule has 0 aliphatic heterocycles. The summed E-state index contributed by atoms with van der Waals surface area (Å²) in [5, 5.41) is 35.4. The fourth-order valence-corrected chi connectivity index (χ4v) is 2.49. The van der Waals surface area contributed by atoms with Crippen molar-refractivity contribution in [3.63, 3.8) is 0 Å². The molecule has 0 fully saturated rings. The van der Waals surface area contributed by atoms with Gasteiger partial charge in [-0.05, 0) is 25.1 Å². The lowest BCUT2D eigenvalue weighted by Crippen LogP contribution is -2.47. The van der Waals surface area contributed by atoms with Crippen LogP contribution in [0.1, 0.15) is 32.1 Å². The molecule has 0 aliphatic carbocycles. The first-order valence-electron chi connectivity index (χ1n) is 8.21. The SMILES string of the molecule is NCCN(CC(CCCB(O)O)CC(=O)O)C(=O)[C@@H](N)CCC(=O)O. The highest BCUT2D eigenvalue weighted by atomic mass is 16.4. The lowest BCUT2D eigenvalue weighted by molar-refractivity contribution is -0.141. The molecule has 0 spiro atoms. The third-order valence-electron chi connectivity index (χ3n) is 3.71. The van der Waals surface area contributed by atoms with E-state index in [9.17, 15) is 14.4 Å². The van der Waals surface area contributed by atoms with Crippen molar-refractivity contribution >= 4 is 25.0 Å². The number of nitrogens with two attached hydrogens (primary N) is 2. The number of amides is 1. The molecular weight excluding hydrogens is 333 g/mol. The van der Waals surface area contributed by atoms with E-state index in [-0.39, 0.29) is 45.2 Å². The zero-order chi connectivity index (χ0) is 19.4. The number of carbonyl (C=O) groups is 3. The number of rotatable bonds is 14. The van der Waals surface area contributed by atoms with Crippen LogP contribution in [0, 0.1) is 5.92 Å². The summed E-state index contributed by atoms with van der Waals surface area (Å²) in [6.07, 6.45) is 0.457. The lowest BCUT2D eigenvalue weighted by atomic mass is 9.81. The Labute approximate surface area is 146 Å². The summed E-state index contributed by atoms with van der Waals surface area (Å²) in [6, 6.07) is -0.993. The molecule has 2 atom stereocenters. The van der Waals surface area contributed by atoms with Crippen molar-refractivity contribution in [2.45, 2.75) is 44.5 Å². The van der Waals surface area contributed by atoms with Gasteiger partial charge in [-0.15, -0.1) is 0 Å². The Kier molecular flexibility index (Phi) is 11.8. The molecule has 11 heteroatoms.